The number of aliphatic hydroxyl groups is 1. The minimum absolute atomic E-state index is 0.0575. The third kappa shape index (κ3) is 4.90. The molecule has 1 saturated heterocycles. The second-order valence-corrected chi connectivity index (χ2v) is 9.23. The standard InChI is InChI=1S/C26H27F2N9O/c1-26(38,21-4-3-20(27)10-22(21)28)19-13-31-25(32-14-19)37-7-5-36(6-8-37)24(33-16-29)23-9-17(11-30-23)18-12-34-35(2)15-18/h3-4,9-16,29-30,38H,5-8H2,1-2H3. The lowest BCUT2D eigenvalue weighted by molar-refractivity contribution is 0.0970. The fourth-order valence-corrected chi connectivity index (χ4v) is 4.54. The molecule has 3 aromatic heterocycles. The molecule has 196 valence electrons. The molecule has 0 bridgehead atoms. The molecule has 38 heavy (non-hydrogen) atoms. The molecular weight excluding hydrogens is 492 g/mol. The Kier molecular flexibility index (Phi) is 6.72. The van der Waals surface area contributed by atoms with Crippen molar-refractivity contribution < 1.29 is 13.9 Å². The van der Waals surface area contributed by atoms with E-state index in [4.69, 9.17) is 5.41 Å². The Labute approximate surface area is 217 Å². The van der Waals surface area contributed by atoms with E-state index in [9.17, 15) is 13.9 Å². The van der Waals surface area contributed by atoms with E-state index < -0.39 is 17.2 Å². The molecule has 0 amide bonds. The van der Waals surface area contributed by atoms with Crippen LogP contribution in [0.3, 0.4) is 0 Å². The first kappa shape index (κ1) is 25.2. The molecular formula is C26H27F2N9O. The number of hydrogen-bond acceptors (Lipinski definition) is 6. The minimum Gasteiger partial charge on any atom is -0.380 e. The van der Waals surface area contributed by atoms with Gasteiger partial charge in [-0.05, 0) is 25.1 Å². The normalized spacial score (nSPS) is 16.0. The quantitative estimate of drug-likeness (QED) is 0.266. The van der Waals surface area contributed by atoms with Crippen LogP contribution >= 0.6 is 0 Å². The first-order valence-electron chi connectivity index (χ1n) is 12.0. The van der Waals surface area contributed by atoms with E-state index in [2.05, 4.69) is 29.9 Å². The van der Waals surface area contributed by atoms with Gasteiger partial charge in [0, 0.05) is 86.3 Å². The molecule has 4 aromatic rings. The third-order valence-electron chi connectivity index (χ3n) is 6.67. The second-order valence-electron chi connectivity index (χ2n) is 9.23. The summed E-state index contributed by atoms with van der Waals surface area (Å²) >= 11 is 0. The number of aromatic nitrogens is 5. The van der Waals surface area contributed by atoms with Gasteiger partial charge in [0.2, 0.25) is 5.95 Å². The number of anilines is 1. The number of aromatic amines is 1. The van der Waals surface area contributed by atoms with Gasteiger partial charge in [-0.2, -0.15) is 5.10 Å². The number of halogens is 2. The van der Waals surface area contributed by atoms with E-state index in [1.807, 2.05) is 30.4 Å². The number of aliphatic imine (C=N–C) groups is 1. The lowest BCUT2D eigenvalue weighted by atomic mass is 9.89. The van der Waals surface area contributed by atoms with Crippen molar-refractivity contribution in [1.29, 1.82) is 5.41 Å². The summed E-state index contributed by atoms with van der Waals surface area (Å²) in [5, 5.41) is 22.7. The predicted octanol–water partition coefficient (Wildman–Crippen LogP) is 2.92. The summed E-state index contributed by atoms with van der Waals surface area (Å²) in [4.78, 5) is 20.5. The van der Waals surface area contributed by atoms with Gasteiger partial charge in [-0.15, -0.1) is 0 Å². The van der Waals surface area contributed by atoms with Crippen LogP contribution in [-0.2, 0) is 12.6 Å². The number of nitrogens with one attached hydrogen (secondary N) is 2. The van der Waals surface area contributed by atoms with Crippen molar-refractivity contribution >= 4 is 18.1 Å². The summed E-state index contributed by atoms with van der Waals surface area (Å²) in [5.74, 6) is -0.407. The first-order valence-corrected chi connectivity index (χ1v) is 12.0. The Hall–Kier alpha value is -4.45. The smallest absolute Gasteiger partial charge is 0.225 e. The van der Waals surface area contributed by atoms with Gasteiger partial charge in [-0.1, -0.05) is 0 Å². The van der Waals surface area contributed by atoms with Crippen LogP contribution in [0, 0.1) is 17.0 Å². The number of hydrogen-bond donors (Lipinski definition) is 3. The Morgan fingerprint density at radius 1 is 1.11 bits per heavy atom. The molecule has 0 spiro atoms. The topological polar surface area (TPSA) is 122 Å². The molecule has 1 aliphatic heterocycles. The number of rotatable bonds is 6. The summed E-state index contributed by atoms with van der Waals surface area (Å²) in [5.41, 5.74) is 1.28. The van der Waals surface area contributed by atoms with Crippen molar-refractivity contribution in [2.24, 2.45) is 12.0 Å². The maximum absolute atomic E-state index is 14.3. The monoisotopic (exact) mass is 519 g/mol. The van der Waals surface area contributed by atoms with Crippen molar-refractivity contribution in [3.8, 4) is 11.1 Å². The van der Waals surface area contributed by atoms with E-state index in [0.29, 0.717) is 43.5 Å². The van der Waals surface area contributed by atoms with E-state index >= 15 is 0 Å². The summed E-state index contributed by atoms with van der Waals surface area (Å²) in [6, 6.07) is 5.05. The maximum atomic E-state index is 14.3. The molecule has 0 radical (unpaired) electrons. The molecule has 4 heterocycles. The van der Waals surface area contributed by atoms with Gasteiger partial charge in [0.05, 0.1) is 11.9 Å². The molecule has 12 heteroatoms. The highest BCUT2D eigenvalue weighted by atomic mass is 19.1. The van der Waals surface area contributed by atoms with Crippen molar-refractivity contribution in [1.82, 2.24) is 29.6 Å². The summed E-state index contributed by atoms with van der Waals surface area (Å²) in [7, 11) is 1.86. The van der Waals surface area contributed by atoms with Gasteiger partial charge in [0.15, 0.2) is 5.84 Å². The Morgan fingerprint density at radius 2 is 1.84 bits per heavy atom. The Bertz CT molecular complexity index is 1470. The summed E-state index contributed by atoms with van der Waals surface area (Å²) in [6.07, 6.45) is 9.56. The lowest BCUT2D eigenvalue weighted by Crippen LogP contribution is -2.49. The molecule has 5 rings (SSSR count). The molecule has 1 atom stereocenters. The molecule has 1 unspecified atom stereocenters. The van der Waals surface area contributed by atoms with E-state index in [0.717, 1.165) is 35.3 Å². The van der Waals surface area contributed by atoms with Crippen molar-refractivity contribution in [2.45, 2.75) is 12.5 Å². The van der Waals surface area contributed by atoms with Gasteiger partial charge in [-0.3, -0.25) is 10.1 Å². The first-order chi connectivity index (χ1) is 18.3. The molecule has 1 aliphatic rings. The highest BCUT2D eigenvalue weighted by Crippen LogP contribution is 2.31. The van der Waals surface area contributed by atoms with Crippen molar-refractivity contribution in [3.05, 3.63) is 83.7 Å². The maximum Gasteiger partial charge on any atom is 0.225 e. The number of piperazine rings is 1. The van der Waals surface area contributed by atoms with Crippen LogP contribution in [0.4, 0.5) is 14.7 Å². The largest absolute Gasteiger partial charge is 0.380 e. The van der Waals surface area contributed by atoms with Crippen LogP contribution in [0.5, 0.6) is 0 Å². The van der Waals surface area contributed by atoms with Gasteiger partial charge < -0.3 is 19.9 Å². The molecule has 0 saturated carbocycles. The van der Waals surface area contributed by atoms with Crippen molar-refractivity contribution in [2.75, 3.05) is 31.1 Å². The number of amidine groups is 1. The van der Waals surface area contributed by atoms with Gasteiger partial charge >= 0.3 is 0 Å². The fourth-order valence-electron chi connectivity index (χ4n) is 4.54. The molecule has 1 fully saturated rings. The average molecular weight is 520 g/mol. The van der Waals surface area contributed by atoms with Crippen LogP contribution in [0.15, 0.2) is 60.2 Å². The average Bonchev–Trinajstić information content (AvgIpc) is 3.56. The fraction of sp³-hybridized carbons (Fsp3) is 0.269. The number of aryl methyl sites for hydroxylation is 1. The second kappa shape index (κ2) is 10.1. The van der Waals surface area contributed by atoms with Crippen LogP contribution in [-0.4, -0.2) is 73.1 Å². The van der Waals surface area contributed by atoms with E-state index in [1.54, 1.807) is 10.9 Å². The molecule has 10 nitrogen and oxygen atoms in total. The molecule has 3 N–H and O–H groups in total. The molecule has 0 aliphatic carbocycles. The van der Waals surface area contributed by atoms with E-state index in [-0.39, 0.29) is 5.56 Å². The van der Waals surface area contributed by atoms with E-state index in [1.165, 1.54) is 25.4 Å². The SMILES string of the molecule is Cn1cc(-c2c[nH]c(C(=NC=N)N3CCN(c4ncc(C(C)(O)c5ccc(F)cc5F)cn4)CC3)c2)cn1. The Morgan fingerprint density at radius 3 is 2.47 bits per heavy atom. The number of nitrogens with zero attached hydrogens (tertiary/aromatic N) is 7. The van der Waals surface area contributed by atoms with Crippen LogP contribution in [0.1, 0.15) is 23.7 Å². The lowest BCUT2D eigenvalue weighted by Gasteiger charge is -2.36. The van der Waals surface area contributed by atoms with Gasteiger partial charge in [0.25, 0.3) is 0 Å². The highest BCUT2D eigenvalue weighted by Gasteiger charge is 2.31. The predicted molar refractivity (Wildman–Crippen MR) is 139 cm³/mol. The number of benzene rings is 1. The minimum atomic E-state index is -1.72. The zero-order valence-corrected chi connectivity index (χ0v) is 20.9. The summed E-state index contributed by atoms with van der Waals surface area (Å²) in [6.45, 7) is 3.88. The summed E-state index contributed by atoms with van der Waals surface area (Å²) < 4.78 is 29.3. The third-order valence-corrected chi connectivity index (χ3v) is 6.67. The highest BCUT2D eigenvalue weighted by molar-refractivity contribution is 6.01. The van der Waals surface area contributed by atoms with Crippen LogP contribution in [0.2, 0.25) is 0 Å². The van der Waals surface area contributed by atoms with Crippen LogP contribution in [0.25, 0.3) is 11.1 Å². The van der Waals surface area contributed by atoms with Gasteiger partial charge in [0.1, 0.15) is 23.6 Å². The zero-order valence-electron chi connectivity index (χ0n) is 20.9. The van der Waals surface area contributed by atoms with Crippen LogP contribution < -0.4 is 4.90 Å². The number of H-pyrrole nitrogens is 1. The zero-order chi connectivity index (χ0) is 26.9. The Balaban J connectivity index is 1.27. The van der Waals surface area contributed by atoms with Gasteiger partial charge in [-0.25, -0.2) is 23.7 Å². The van der Waals surface area contributed by atoms with Crippen molar-refractivity contribution in [3.63, 3.8) is 0 Å². The molecule has 1 aromatic carbocycles.